The summed E-state index contributed by atoms with van der Waals surface area (Å²) in [6.45, 7) is 2.91. The van der Waals surface area contributed by atoms with Crippen LogP contribution in [0, 0.1) is 6.92 Å². The molecule has 21 heavy (non-hydrogen) atoms. The highest BCUT2D eigenvalue weighted by molar-refractivity contribution is 7.09. The van der Waals surface area contributed by atoms with Gasteiger partial charge in [0.2, 0.25) is 0 Å². The zero-order chi connectivity index (χ0) is 15.1. The molecular weight excluding hydrogens is 288 g/mol. The monoisotopic (exact) mass is 308 g/mol. The molecule has 1 aromatic carbocycles. The summed E-state index contributed by atoms with van der Waals surface area (Å²) in [5.74, 6) is 1.29. The van der Waals surface area contributed by atoms with E-state index < -0.39 is 6.10 Å². The second-order valence-corrected chi connectivity index (χ2v) is 5.75. The third kappa shape index (κ3) is 5.04. The molecule has 0 saturated heterocycles. The molecule has 0 aliphatic carbocycles. The Labute approximate surface area is 128 Å². The normalized spacial score (nSPS) is 12.1. The maximum absolute atomic E-state index is 9.87. The number of methoxy groups -OCH3 is 1. The maximum atomic E-state index is 9.87. The molecule has 5 heteroatoms. The van der Waals surface area contributed by atoms with Crippen molar-refractivity contribution >= 4 is 11.3 Å². The van der Waals surface area contributed by atoms with Crippen LogP contribution in [-0.2, 0) is 11.3 Å². The molecule has 0 aliphatic rings. The smallest absolute Gasteiger partial charge is 0.161 e. The first kappa shape index (κ1) is 15.8. The van der Waals surface area contributed by atoms with E-state index in [0.29, 0.717) is 18.1 Å². The minimum Gasteiger partial charge on any atom is -0.493 e. The van der Waals surface area contributed by atoms with Crippen molar-refractivity contribution in [1.29, 1.82) is 0 Å². The fourth-order valence-corrected chi connectivity index (χ4v) is 2.46. The minimum atomic E-state index is -0.670. The first-order chi connectivity index (χ1) is 10.2. The molecule has 1 aromatic heterocycles. The molecule has 4 nitrogen and oxygen atoms in total. The zero-order valence-corrected chi connectivity index (χ0v) is 13.1. The number of benzene rings is 1. The second-order valence-electron chi connectivity index (χ2n) is 4.71. The van der Waals surface area contributed by atoms with Crippen LogP contribution in [0.15, 0.2) is 35.7 Å². The largest absolute Gasteiger partial charge is 0.493 e. The lowest BCUT2D eigenvalue weighted by atomic mass is 10.2. The van der Waals surface area contributed by atoms with Crippen LogP contribution in [-0.4, -0.2) is 31.5 Å². The van der Waals surface area contributed by atoms with Gasteiger partial charge in [0.15, 0.2) is 11.5 Å². The van der Waals surface area contributed by atoms with Crippen LogP contribution in [0.3, 0.4) is 0 Å². The molecule has 2 aromatic rings. The van der Waals surface area contributed by atoms with Crippen molar-refractivity contribution in [2.45, 2.75) is 19.6 Å². The van der Waals surface area contributed by atoms with Crippen LogP contribution in [0.1, 0.15) is 10.4 Å². The van der Waals surface area contributed by atoms with Gasteiger partial charge in [0, 0.05) is 4.88 Å². The van der Waals surface area contributed by atoms with Crippen molar-refractivity contribution in [1.82, 2.24) is 0 Å². The topological polar surface area (TPSA) is 47.9 Å². The quantitative estimate of drug-likeness (QED) is 0.814. The molecular formula is C16H20O4S. The third-order valence-corrected chi connectivity index (χ3v) is 3.73. The van der Waals surface area contributed by atoms with Crippen LogP contribution in [0.2, 0.25) is 0 Å². The van der Waals surface area contributed by atoms with E-state index in [-0.39, 0.29) is 13.2 Å². The maximum Gasteiger partial charge on any atom is 0.161 e. The van der Waals surface area contributed by atoms with E-state index in [4.69, 9.17) is 14.2 Å². The molecule has 0 fully saturated rings. The first-order valence-corrected chi connectivity index (χ1v) is 7.62. The summed E-state index contributed by atoms with van der Waals surface area (Å²) in [5, 5.41) is 11.9. The SMILES string of the molecule is COc1cc(C)ccc1OCC(O)COCc1cccs1. The lowest BCUT2D eigenvalue weighted by molar-refractivity contribution is 0.00584. The van der Waals surface area contributed by atoms with Gasteiger partial charge in [0.1, 0.15) is 12.7 Å². The Morgan fingerprint density at radius 3 is 2.76 bits per heavy atom. The van der Waals surface area contributed by atoms with Gasteiger partial charge in [0.05, 0.1) is 20.3 Å². The number of aliphatic hydroxyl groups is 1. The lowest BCUT2D eigenvalue weighted by Gasteiger charge is -2.15. The number of hydrogen-bond acceptors (Lipinski definition) is 5. The molecule has 1 unspecified atom stereocenters. The molecule has 1 atom stereocenters. The van der Waals surface area contributed by atoms with Crippen molar-refractivity contribution in [2.75, 3.05) is 20.3 Å². The van der Waals surface area contributed by atoms with Crippen LogP contribution in [0.25, 0.3) is 0 Å². The van der Waals surface area contributed by atoms with Gasteiger partial charge in [-0.3, -0.25) is 0 Å². The summed E-state index contributed by atoms with van der Waals surface area (Å²) in [5.41, 5.74) is 1.10. The summed E-state index contributed by atoms with van der Waals surface area (Å²) in [6, 6.07) is 9.66. The Bertz CT molecular complexity index is 539. The van der Waals surface area contributed by atoms with Gasteiger partial charge in [-0.15, -0.1) is 11.3 Å². The van der Waals surface area contributed by atoms with Crippen molar-refractivity contribution in [2.24, 2.45) is 0 Å². The number of thiophene rings is 1. The van der Waals surface area contributed by atoms with E-state index in [9.17, 15) is 5.11 Å². The van der Waals surface area contributed by atoms with Crippen molar-refractivity contribution in [3.05, 3.63) is 46.2 Å². The molecule has 0 bridgehead atoms. The summed E-state index contributed by atoms with van der Waals surface area (Å²) >= 11 is 1.64. The predicted molar refractivity (Wildman–Crippen MR) is 83.2 cm³/mol. The van der Waals surface area contributed by atoms with Crippen LogP contribution in [0.4, 0.5) is 0 Å². The van der Waals surface area contributed by atoms with E-state index >= 15 is 0 Å². The zero-order valence-electron chi connectivity index (χ0n) is 12.2. The highest BCUT2D eigenvalue weighted by Crippen LogP contribution is 2.27. The van der Waals surface area contributed by atoms with Crippen molar-refractivity contribution in [3.8, 4) is 11.5 Å². The second kappa shape index (κ2) is 8.02. The Balaban J connectivity index is 1.74. The molecule has 0 saturated carbocycles. The molecule has 2 rings (SSSR count). The Morgan fingerprint density at radius 1 is 1.19 bits per heavy atom. The van der Waals surface area contributed by atoms with Crippen molar-refractivity contribution in [3.63, 3.8) is 0 Å². The number of aryl methyl sites for hydroxylation is 1. The summed E-state index contributed by atoms with van der Waals surface area (Å²) in [4.78, 5) is 1.14. The molecule has 0 spiro atoms. The summed E-state index contributed by atoms with van der Waals surface area (Å²) < 4.78 is 16.3. The van der Waals surface area contributed by atoms with E-state index in [2.05, 4.69) is 0 Å². The van der Waals surface area contributed by atoms with Crippen LogP contribution >= 0.6 is 11.3 Å². The first-order valence-electron chi connectivity index (χ1n) is 6.74. The molecule has 0 amide bonds. The fraction of sp³-hybridized carbons (Fsp3) is 0.375. The van der Waals surface area contributed by atoms with Gasteiger partial charge in [-0.2, -0.15) is 0 Å². The standard InChI is InChI=1S/C16H20O4S/c1-12-5-6-15(16(8-12)18-2)20-10-13(17)9-19-11-14-4-3-7-21-14/h3-8,13,17H,9-11H2,1-2H3. The third-order valence-electron chi connectivity index (χ3n) is 2.89. The molecule has 1 heterocycles. The summed E-state index contributed by atoms with van der Waals surface area (Å²) in [6.07, 6.45) is -0.670. The van der Waals surface area contributed by atoms with E-state index in [0.717, 1.165) is 10.4 Å². The highest BCUT2D eigenvalue weighted by atomic mass is 32.1. The van der Waals surface area contributed by atoms with Gasteiger partial charge in [-0.25, -0.2) is 0 Å². The highest BCUT2D eigenvalue weighted by Gasteiger charge is 2.09. The van der Waals surface area contributed by atoms with E-state index in [1.807, 2.05) is 42.6 Å². The summed E-state index contributed by atoms with van der Waals surface area (Å²) in [7, 11) is 1.60. The lowest BCUT2D eigenvalue weighted by Crippen LogP contribution is -2.23. The molecule has 0 radical (unpaired) electrons. The minimum absolute atomic E-state index is 0.170. The predicted octanol–water partition coefficient (Wildman–Crippen LogP) is 3.02. The molecule has 0 aliphatic heterocycles. The average Bonchev–Trinajstić information content (AvgIpc) is 2.99. The molecule has 1 N–H and O–H groups in total. The van der Waals surface area contributed by atoms with Gasteiger partial charge < -0.3 is 19.3 Å². The number of hydrogen-bond donors (Lipinski definition) is 1. The van der Waals surface area contributed by atoms with Gasteiger partial charge >= 0.3 is 0 Å². The van der Waals surface area contributed by atoms with E-state index in [1.165, 1.54) is 0 Å². The van der Waals surface area contributed by atoms with Crippen LogP contribution < -0.4 is 9.47 Å². The number of ether oxygens (including phenoxy) is 3. The number of aliphatic hydroxyl groups excluding tert-OH is 1. The van der Waals surface area contributed by atoms with Crippen LogP contribution in [0.5, 0.6) is 11.5 Å². The Morgan fingerprint density at radius 2 is 2.05 bits per heavy atom. The van der Waals surface area contributed by atoms with Crippen molar-refractivity contribution < 1.29 is 19.3 Å². The van der Waals surface area contributed by atoms with Gasteiger partial charge in [0.25, 0.3) is 0 Å². The number of rotatable bonds is 8. The molecule has 114 valence electrons. The fourth-order valence-electron chi connectivity index (χ4n) is 1.82. The van der Waals surface area contributed by atoms with E-state index in [1.54, 1.807) is 18.4 Å². The Kier molecular flexibility index (Phi) is 6.04. The average molecular weight is 308 g/mol. The van der Waals surface area contributed by atoms with Gasteiger partial charge in [-0.05, 0) is 36.1 Å². The Hall–Kier alpha value is -1.56. The van der Waals surface area contributed by atoms with Gasteiger partial charge in [-0.1, -0.05) is 12.1 Å².